The second-order valence-electron chi connectivity index (χ2n) is 4.83. The minimum Gasteiger partial charge on any atom is -0.395 e. The second kappa shape index (κ2) is 6.84. The van der Waals surface area contributed by atoms with Crippen LogP contribution in [0.1, 0.15) is 15.9 Å². The molecule has 3 aromatic heterocycles. The van der Waals surface area contributed by atoms with Gasteiger partial charge in [-0.2, -0.15) is 5.10 Å². The minimum absolute atomic E-state index is 0.115. The average Bonchev–Trinajstić information content (AvgIpc) is 3.02. The van der Waals surface area contributed by atoms with E-state index in [-0.39, 0.29) is 19.1 Å². The Morgan fingerprint density at radius 2 is 2.22 bits per heavy atom. The summed E-state index contributed by atoms with van der Waals surface area (Å²) in [6, 6.07) is 5.62. The summed E-state index contributed by atoms with van der Waals surface area (Å²) in [6.45, 7) is 0.655. The van der Waals surface area contributed by atoms with Crippen LogP contribution in [0.2, 0.25) is 0 Å². The predicted molar refractivity (Wildman–Crippen MR) is 84.0 cm³/mol. The number of hydrogen-bond donors (Lipinski definition) is 3. The molecular weight excluding hydrogens is 296 g/mol. The number of carbonyl (C=O) groups excluding carboxylic acids is 1. The zero-order chi connectivity index (χ0) is 16.1. The van der Waals surface area contributed by atoms with Gasteiger partial charge in [0.15, 0.2) is 5.65 Å². The lowest BCUT2D eigenvalue weighted by atomic mass is 10.3. The monoisotopic (exact) mass is 312 g/mol. The van der Waals surface area contributed by atoms with Gasteiger partial charge in [-0.25, -0.2) is 9.50 Å². The molecule has 0 saturated carbocycles. The largest absolute Gasteiger partial charge is 0.395 e. The Labute approximate surface area is 132 Å². The van der Waals surface area contributed by atoms with E-state index < -0.39 is 0 Å². The highest BCUT2D eigenvalue weighted by atomic mass is 16.3. The lowest BCUT2D eigenvalue weighted by Crippen LogP contribution is -2.26. The average molecular weight is 312 g/mol. The van der Waals surface area contributed by atoms with Gasteiger partial charge in [0, 0.05) is 31.7 Å². The maximum absolute atomic E-state index is 12.0. The molecule has 0 aromatic carbocycles. The third kappa shape index (κ3) is 3.43. The predicted octanol–water partition coefficient (Wildman–Crippen LogP) is 0.458. The number of aliphatic hydroxyl groups excluding tert-OH is 1. The first kappa shape index (κ1) is 14.9. The summed E-state index contributed by atoms with van der Waals surface area (Å²) < 4.78 is 1.53. The lowest BCUT2D eigenvalue weighted by Gasteiger charge is -2.06. The van der Waals surface area contributed by atoms with E-state index in [4.69, 9.17) is 5.11 Å². The molecule has 3 N–H and O–H groups in total. The molecule has 0 aliphatic heterocycles. The van der Waals surface area contributed by atoms with E-state index in [1.54, 1.807) is 24.7 Å². The number of pyridine rings is 1. The van der Waals surface area contributed by atoms with Crippen molar-refractivity contribution in [2.45, 2.75) is 6.54 Å². The number of carbonyl (C=O) groups is 1. The molecule has 0 bridgehead atoms. The first-order valence-electron chi connectivity index (χ1n) is 7.14. The number of anilines is 1. The van der Waals surface area contributed by atoms with Crippen molar-refractivity contribution < 1.29 is 9.90 Å². The van der Waals surface area contributed by atoms with Gasteiger partial charge in [-0.1, -0.05) is 6.07 Å². The van der Waals surface area contributed by atoms with Crippen molar-refractivity contribution in [2.24, 2.45) is 0 Å². The van der Waals surface area contributed by atoms with Crippen molar-refractivity contribution in [1.82, 2.24) is 24.9 Å². The van der Waals surface area contributed by atoms with E-state index in [1.807, 2.05) is 12.1 Å². The van der Waals surface area contributed by atoms with Crippen LogP contribution in [0, 0.1) is 0 Å². The summed E-state index contributed by atoms with van der Waals surface area (Å²) in [5.74, 6) is 0.323. The maximum Gasteiger partial charge on any atom is 0.256 e. The Hall–Kier alpha value is -3.00. The Balaban J connectivity index is 1.78. The SMILES string of the molecule is O=C(NCCO)c1cnn2ccc(NCc3cccnc3)nc12. The Morgan fingerprint density at radius 1 is 1.30 bits per heavy atom. The lowest BCUT2D eigenvalue weighted by molar-refractivity contribution is 0.0946. The maximum atomic E-state index is 12.0. The number of aromatic nitrogens is 4. The number of rotatable bonds is 6. The quantitative estimate of drug-likeness (QED) is 0.611. The normalized spacial score (nSPS) is 10.7. The number of aliphatic hydroxyl groups is 1. The van der Waals surface area contributed by atoms with Crippen LogP contribution in [0.4, 0.5) is 5.82 Å². The van der Waals surface area contributed by atoms with E-state index in [0.717, 1.165) is 5.56 Å². The summed E-state index contributed by atoms with van der Waals surface area (Å²) >= 11 is 0. The van der Waals surface area contributed by atoms with Crippen molar-refractivity contribution in [1.29, 1.82) is 0 Å². The molecule has 3 aromatic rings. The first-order chi connectivity index (χ1) is 11.3. The standard InChI is InChI=1S/C15H16N6O2/c22-7-5-17-15(23)12-10-19-21-6-3-13(20-14(12)21)18-9-11-2-1-4-16-8-11/h1-4,6,8,10,22H,5,7,9H2,(H,17,23)(H,18,20). The summed E-state index contributed by atoms with van der Waals surface area (Å²) in [5.41, 5.74) is 1.85. The van der Waals surface area contributed by atoms with Gasteiger partial charge in [0.1, 0.15) is 11.4 Å². The Kier molecular flexibility index (Phi) is 4.44. The van der Waals surface area contributed by atoms with E-state index in [1.165, 1.54) is 10.7 Å². The van der Waals surface area contributed by atoms with Gasteiger partial charge < -0.3 is 15.7 Å². The molecule has 3 rings (SSSR count). The molecule has 1 amide bonds. The van der Waals surface area contributed by atoms with Crippen LogP contribution in [0.3, 0.4) is 0 Å². The van der Waals surface area contributed by atoms with E-state index in [9.17, 15) is 4.79 Å². The van der Waals surface area contributed by atoms with Crippen LogP contribution in [-0.4, -0.2) is 43.7 Å². The fourth-order valence-corrected chi connectivity index (χ4v) is 2.09. The summed E-state index contributed by atoms with van der Waals surface area (Å²) in [6.07, 6.45) is 6.69. The molecule has 23 heavy (non-hydrogen) atoms. The third-order valence-corrected chi connectivity index (χ3v) is 3.21. The van der Waals surface area contributed by atoms with E-state index >= 15 is 0 Å². The first-order valence-corrected chi connectivity index (χ1v) is 7.14. The molecule has 0 aliphatic rings. The van der Waals surface area contributed by atoms with Gasteiger partial charge in [0.05, 0.1) is 12.8 Å². The zero-order valence-electron chi connectivity index (χ0n) is 12.3. The third-order valence-electron chi connectivity index (χ3n) is 3.21. The van der Waals surface area contributed by atoms with Crippen molar-refractivity contribution in [3.63, 3.8) is 0 Å². The van der Waals surface area contributed by atoms with Gasteiger partial charge in [0.2, 0.25) is 0 Å². The number of nitrogens with one attached hydrogen (secondary N) is 2. The molecule has 0 unspecified atom stereocenters. The Bertz CT molecular complexity index is 802. The van der Waals surface area contributed by atoms with Gasteiger partial charge in [-0.05, 0) is 17.7 Å². The molecule has 118 valence electrons. The number of hydrogen-bond acceptors (Lipinski definition) is 6. The molecule has 8 heteroatoms. The highest BCUT2D eigenvalue weighted by molar-refractivity contribution is 5.99. The van der Waals surface area contributed by atoms with E-state index in [2.05, 4.69) is 25.7 Å². The molecule has 0 radical (unpaired) electrons. The summed E-state index contributed by atoms with van der Waals surface area (Å²) in [5, 5.41) is 18.7. The molecule has 3 heterocycles. The number of nitrogens with zero attached hydrogens (tertiary/aromatic N) is 4. The molecule has 0 saturated heterocycles. The van der Waals surface area contributed by atoms with Gasteiger partial charge >= 0.3 is 0 Å². The minimum atomic E-state index is -0.314. The number of fused-ring (bicyclic) bond motifs is 1. The molecule has 0 fully saturated rings. The van der Waals surface area contributed by atoms with Crippen molar-refractivity contribution in [3.05, 3.63) is 54.1 Å². The topological polar surface area (TPSA) is 104 Å². The summed E-state index contributed by atoms with van der Waals surface area (Å²) in [4.78, 5) is 20.5. The van der Waals surface area contributed by atoms with Crippen molar-refractivity contribution >= 4 is 17.4 Å². The molecule has 0 atom stereocenters. The van der Waals surface area contributed by atoms with Crippen LogP contribution in [0.15, 0.2) is 43.0 Å². The number of amides is 1. The van der Waals surface area contributed by atoms with E-state index in [0.29, 0.717) is 23.6 Å². The molecule has 8 nitrogen and oxygen atoms in total. The van der Waals surface area contributed by atoms with Gasteiger partial charge in [0.25, 0.3) is 5.91 Å². The smallest absolute Gasteiger partial charge is 0.256 e. The van der Waals surface area contributed by atoms with Crippen LogP contribution in [-0.2, 0) is 6.54 Å². The van der Waals surface area contributed by atoms with Crippen LogP contribution in [0.25, 0.3) is 5.65 Å². The zero-order valence-corrected chi connectivity index (χ0v) is 12.3. The molecule has 0 spiro atoms. The second-order valence-corrected chi connectivity index (χ2v) is 4.83. The van der Waals surface area contributed by atoms with Crippen LogP contribution >= 0.6 is 0 Å². The summed E-state index contributed by atoms with van der Waals surface area (Å²) in [7, 11) is 0. The van der Waals surface area contributed by atoms with Crippen molar-refractivity contribution in [2.75, 3.05) is 18.5 Å². The fraction of sp³-hybridized carbons (Fsp3) is 0.200. The van der Waals surface area contributed by atoms with Gasteiger partial charge in [-0.15, -0.1) is 0 Å². The highest BCUT2D eigenvalue weighted by Crippen LogP contribution is 2.12. The highest BCUT2D eigenvalue weighted by Gasteiger charge is 2.13. The van der Waals surface area contributed by atoms with Crippen LogP contribution in [0.5, 0.6) is 0 Å². The van der Waals surface area contributed by atoms with Gasteiger partial charge in [-0.3, -0.25) is 9.78 Å². The van der Waals surface area contributed by atoms with Crippen LogP contribution < -0.4 is 10.6 Å². The molecule has 0 aliphatic carbocycles. The Morgan fingerprint density at radius 3 is 3.00 bits per heavy atom. The fourth-order valence-electron chi connectivity index (χ4n) is 2.09. The van der Waals surface area contributed by atoms with Crippen molar-refractivity contribution in [3.8, 4) is 0 Å². The molecular formula is C15H16N6O2.